The van der Waals surface area contributed by atoms with Gasteiger partial charge in [-0.25, -0.2) is 0 Å². The van der Waals surface area contributed by atoms with Crippen LogP contribution in [0, 0.1) is 22.5 Å². The van der Waals surface area contributed by atoms with Crippen LogP contribution in [-0.4, -0.2) is 16.5 Å². The lowest BCUT2D eigenvalue weighted by Gasteiger charge is -2.20. The molecule has 5 nitrogen and oxygen atoms in total. The molecule has 2 rings (SSSR count). The van der Waals surface area contributed by atoms with E-state index in [1.807, 2.05) is 13.0 Å². The minimum atomic E-state index is -0.368. The number of rotatable bonds is 3. The van der Waals surface area contributed by atoms with Gasteiger partial charge in [-0.3, -0.25) is 15.1 Å². The Morgan fingerprint density at radius 2 is 2.00 bits per heavy atom. The van der Waals surface area contributed by atoms with E-state index < -0.39 is 0 Å². The van der Waals surface area contributed by atoms with Crippen LogP contribution in [0.2, 0.25) is 0 Å². The van der Waals surface area contributed by atoms with Gasteiger partial charge < -0.3 is 5.32 Å². The van der Waals surface area contributed by atoms with Gasteiger partial charge in [-0.15, -0.1) is 0 Å². The molecule has 0 amide bonds. The van der Waals surface area contributed by atoms with E-state index in [9.17, 15) is 10.1 Å². The van der Waals surface area contributed by atoms with Crippen molar-refractivity contribution in [3.8, 4) is 0 Å². The Hall–Kier alpha value is -2.17. The molecule has 0 bridgehead atoms. The maximum atomic E-state index is 11.1. The number of non-ortho nitro benzene ring substituents is 1. The van der Waals surface area contributed by atoms with Crippen molar-refractivity contribution in [2.45, 2.75) is 27.7 Å². The molecule has 0 aliphatic rings. The molecule has 0 spiro atoms. The molecule has 106 valence electrons. The summed E-state index contributed by atoms with van der Waals surface area (Å²) in [6, 6.07) is 5.18. The van der Waals surface area contributed by atoms with Crippen LogP contribution in [0.15, 0.2) is 24.4 Å². The lowest BCUT2D eigenvalue weighted by molar-refractivity contribution is -0.383. The Labute approximate surface area is 118 Å². The molecule has 0 atom stereocenters. The Bertz CT molecular complexity index is 660. The van der Waals surface area contributed by atoms with Gasteiger partial charge in [0.1, 0.15) is 0 Å². The summed E-state index contributed by atoms with van der Waals surface area (Å²) in [5.74, 6) is 0. The van der Waals surface area contributed by atoms with Crippen molar-refractivity contribution < 1.29 is 4.92 Å². The van der Waals surface area contributed by atoms with Crippen molar-refractivity contribution in [2.75, 3.05) is 11.9 Å². The summed E-state index contributed by atoms with van der Waals surface area (Å²) in [6.45, 7) is 9.09. The van der Waals surface area contributed by atoms with Crippen LogP contribution in [-0.2, 0) is 0 Å². The van der Waals surface area contributed by atoms with E-state index in [-0.39, 0.29) is 16.0 Å². The van der Waals surface area contributed by atoms with Gasteiger partial charge in [0, 0.05) is 35.6 Å². The highest BCUT2D eigenvalue weighted by atomic mass is 16.6. The Morgan fingerprint density at radius 1 is 1.30 bits per heavy atom. The fourth-order valence-corrected chi connectivity index (χ4v) is 2.00. The molecule has 0 aliphatic carbocycles. The van der Waals surface area contributed by atoms with Gasteiger partial charge in [0.05, 0.1) is 10.3 Å². The molecule has 0 unspecified atom stereocenters. The molecule has 0 saturated heterocycles. The number of pyridine rings is 1. The Balaban J connectivity index is 2.53. The molecule has 2 aromatic rings. The SMILES string of the molecule is Cc1cc2c(NCC(C)(C)C)ccc([N+](=O)[O-])c2cn1. The van der Waals surface area contributed by atoms with Crippen molar-refractivity contribution in [1.29, 1.82) is 0 Å². The second kappa shape index (κ2) is 5.07. The zero-order chi connectivity index (χ0) is 14.9. The number of nitro benzene ring substituents is 1. The molecule has 0 aliphatic heterocycles. The van der Waals surface area contributed by atoms with Crippen molar-refractivity contribution >= 4 is 22.1 Å². The number of aromatic nitrogens is 1. The fraction of sp³-hybridized carbons (Fsp3) is 0.400. The van der Waals surface area contributed by atoms with Gasteiger partial charge in [-0.1, -0.05) is 20.8 Å². The van der Waals surface area contributed by atoms with Crippen molar-refractivity contribution in [3.05, 3.63) is 40.2 Å². The second-order valence-electron chi connectivity index (χ2n) is 6.17. The average molecular weight is 273 g/mol. The van der Waals surface area contributed by atoms with E-state index >= 15 is 0 Å². The Kier molecular flexibility index (Phi) is 3.61. The minimum absolute atomic E-state index is 0.0915. The molecule has 0 fully saturated rings. The third kappa shape index (κ3) is 3.04. The first-order valence-corrected chi connectivity index (χ1v) is 6.55. The standard InChI is InChI=1S/C15H19N3O2/c1-10-7-11-12(8-16-10)14(18(19)20)6-5-13(11)17-9-15(2,3)4/h5-8,17H,9H2,1-4H3. The molecule has 0 radical (unpaired) electrons. The van der Waals surface area contributed by atoms with Crippen LogP contribution >= 0.6 is 0 Å². The highest BCUT2D eigenvalue weighted by Gasteiger charge is 2.16. The summed E-state index contributed by atoms with van der Waals surface area (Å²) in [4.78, 5) is 14.9. The highest BCUT2D eigenvalue weighted by Crippen LogP contribution is 2.32. The van der Waals surface area contributed by atoms with Crippen molar-refractivity contribution in [1.82, 2.24) is 4.98 Å². The maximum absolute atomic E-state index is 11.1. The van der Waals surface area contributed by atoms with E-state index in [1.165, 1.54) is 6.07 Å². The Morgan fingerprint density at radius 3 is 2.60 bits per heavy atom. The third-order valence-corrected chi connectivity index (χ3v) is 3.02. The molecule has 1 aromatic carbocycles. The minimum Gasteiger partial charge on any atom is -0.384 e. The molecule has 1 heterocycles. The largest absolute Gasteiger partial charge is 0.384 e. The number of aryl methyl sites for hydroxylation is 1. The smallest absolute Gasteiger partial charge is 0.278 e. The third-order valence-electron chi connectivity index (χ3n) is 3.02. The topological polar surface area (TPSA) is 68.1 Å². The van der Waals surface area contributed by atoms with Crippen molar-refractivity contribution in [2.24, 2.45) is 5.41 Å². The van der Waals surface area contributed by atoms with Gasteiger partial charge in [0.15, 0.2) is 0 Å². The van der Waals surface area contributed by atoms with E-state index in [1.54, 1.807) is 12.3 Å². The molecule has 0 saturated carbocycles. The van der Waals surface area contributed by atoms with Gasteiger partial charge in [0.25, 0.3) is 5.69 Å². The summed E-state index contributed by atoms with van der Waals surface area (Å²) in [6.07, 6.45) is 1.57. The number of anilines is 1. The van der Waals surface area contributed by atoms with E-state index in [2.05, 4.69) is 31.1 Å². The van der Waals surface area contributed by atoms with Gasteiger partial charge in [-0.05, 0) is 24.5 Å². The number of nitrogens with zero attached hydrogens (tertiary/aromatic N) is 2. The zero-order valence-electron chi connectivity index (χ0n) is 12.2. The van der Waals surface area contributed by atoms with Crippen LogP contribution < -0.4 is 5.32 Å². The fourth-order valence-electron chi connectivity index (χ4n) is 2.00. The van der Waals surface area contributed by atoms with E-state index in [0.717, 1.165) is 23.3 Å². The summed E-state index contributed by atoms with van der Waals surface area (Å²) in [7, 11) is 0. The first kappa shape index (κ1) is 14.2. The van der Waals surface area contributed by atoms with Gasteiger partial charge >= 0.3 is 0 Å². The lowest BCUT2D eigenvalue weighted by Crippen LogP contribution is -2.19. The summed E-state index contributed by atoms with van der Waals surface area (Å²) >= 11 is 0. The zero-order valence-corrected chi connectivity index (χ0v) is 12.2. The molecular weight excluding hydrogens is 254 g/mol. The van der Waals surface area contributed by atoms with Gasteiger partial charge in [0.2, 0.25) is 0 Å². The molecule has 1 aromatic heterocycles. The number of hydrogen-bond donors (Lipinski definition) is 1. The number of fused-ring (bicyclic) bond motifs is 1. The van der Waals surface area contributed by atoms with E-state index in [4.69, 9.17) is 0 Å². The molecule has 20 heavy (non-hydrogen) atoms. The normalized spacial score (nSPS) is 11.6. The second-order valence-corrected chi connectivity index (χ2v) is 6.17. The molecule has 1 N–H and O–H groups in total. The first-order chi connectivity index (χ1) is 9.28. The number of hydrogen-bond acceptors (Lipinski definition) is 4. The first-order valence-electron chi connectivity index (χ1n) is 6.55. The van der Waals surface area contributed by atoms with Crippen LogP contribution in [0.3, 0.4) is 0 Å². The lowest BCUT2D eigenvalue weighted by atomic mass is 9.96. The monoisotopic (exact) mass is 273 g/mol. The van der Waals surface area contributed by atoms with Crippen LogP contribution in [0.1, 0.15) is 26.5 Å². The summed E-state index contributed by atoms with van der Waals surface area (Å²) in [5, 5.41) is 15.9. The van der Waals surface area contributed by atoms with Crippen LogP contribution in [0.25, 0.3) is 10.8 Å². The van der Waals surface area contributed by atoms with Crippen molar-refractivity contribution in [3.63, 3.8) is 0 Å². The van der Waals surface area contributed by atoms with E-state index in [0.29, 0.717) is 5.39 Å². The maximum Gasteiger partial charge on any atom is 0.278 e. The number of nitro groups is 1. The summed E-state index contributed by atoms with van der Waals surface area (Å²) < 4.78 is 0. The number of benzene rings is 1. The van der Waals surface area contributed by atoms with Crippen LogP contribution in [0.5, 0.6) is 0 Å². The predicted molar refractivity (Wildman–Crippen MR) is 81.1 cm³/mol. The molecule has 5 heteroatoms. The predicted octanol–water partition coefficient (Wildman–Crippen LogP) is 3.91. The average Bonchev–Trinajstić information content (AvgIpc) is 2.34. The quantitative estimate of drug-likeness (QED) is 0.680. The van der Waals surface area contributed by atoms with Crippen LogP contribution in [0.4, 0.5) is 11.4 Å². The van der Waals surface area contributed by atoms with Gasteiger partial charge in [-0.2, -0.15) is 0 Å². The highest BCUT2D eigenvalue weighted by molar-refractivity contribution is 5.99. The summed E-state index contributed by atoms with van der Waals surface area (Å²) in [5.41, 5.74) is 1.98. The molecular formula is C15H19N3O2. The number of nitrogens with one attached hydrogen (secondary N) is 1.